The van der Waals surface area contributed by atoms with E-state index in [0.29, 0.717) is 22.8 Å². The van der Waals surface area contributed by atoms with Crippen molar-refractivity contribution >= 4 is 34.3 Å². The summed E-state index contributed by atoms with van der Waals surface area (Å²) in [4.78, 5) is 5.27. The van der Waals surface area contributed by atoms with Crippen LogP contribution < -0.4 is 19.7 Å². The van der Waals surface area contributed by atoms with E-state index in [4.69, 9.17) is 10.1 Å². The number of nitrogens with zero attached hydrogens (tertiary/aromatic N) is 2. The lowest BCUT2D eigenvalue weighted by atomic mass is 10.1. The van der Waals surface area contributed by atoms with Crippen LogP contribution in [0.1, 0.15) is 5.56 Å². The number of ether oxygens (including phenoxy) is 1. The Hall–Kier alpha value is -2.58. The maximum atomic E-state index is 12.9. The van der Waals surface area contributed by atoms with Crippen molar-refractivity contribution in [3.63, 3.8) is 0 Å². The minimum absolute atomic E-state index is 0.599. The molecule has 0 spiro atoms. The second-order valence-electron chi connectivity index (χ2n) is 7.01. The van der Waals surface area contributed by atoms with Gasteiger partial charge in [-0.05, 0) is 37.4 Å². The molecule has 0 bridgehead atoms. The summed E-state index contributed by atoms with van der Waals surface area (Å²) in [5, 5.41) is 10.9. The van der Waals surface area contributed by atoms with Gasteiger partial charge in [0.25, 0.3) is 0 Å². The molecule has 8 heteroatoms. The first-order valence-electron chi connectivity index (χ1n) is 9.41. The van der Waals surface area contributed by atoms with E-state index in [9.17, 15) is 4.21 Å². The summed E-state index contributed by atoms with van der Waals surface area (Å²) in [5.74, 6) is 0.720. The van der Waals surface area contributed by atoms with Crippen molar-refractivity contribution in [3.8, 4) is 5.75 Å². The largest absolute Gasteiger partial charge is 0.490 e. The molecule has 1 fully saturated rings. The topological polar surface area (TPSA) is 80.7 Å². The van der Waals surface area contributed by atoms with Gasteiger partial charge in [0, 0.05) is 56.3 Å². The highest BCUT2D eigenvalue weighted by Gasteiger charge is 2.17. The maximum absolute atomic E-state index is 12.9. The molecule has 0 saturated carbocycles. The molecular formula is C20H25N5O2S. The first-order valence-corrected chi connectivity index (χ1v) is 10.6. The lowest BCUT2D eigenvalue weighted by Crippen LogP contribution is -2.44. The first kappa shape index (κ1) is 18.8. The summed E-state index contributed by atoms with van der Waals surface area (Å²) in [7, 11) is 0.677. The number of likely N-dealkylation sites (N-methyl/N-ethyl adjacent to an activating group) is 1. The zero-order valence-corrected chi connectivity index (χ0v) is 16.7. The van der Waals surface area contributed by atoms with Crippen molar-refractivity contribution in [2.75, 3.05) is 61.3 Å². The zero-order valence-electron chi connectivity index (χ0n) is 15.9. The fraction of sp³-hybridized carbons (Fsp3) is 0.350. The molecule has 148 valence electrons. The SMILES string of the molecule is CN1CCN(c2ccc(C=N)c(NS(=O)c3ccc4c(c3)OCCN4)c2)CC1. The number of rotatable bonds is 5. The van der Waals surface area contributed by atoms with Crippen LogP contribution in [0.4, 0.5) is 17.1 Å². The summed E-state index contributed by atoms with van der Waals surface area (Å²) >= 11 is 0. The van der Waals surface area contributed by atoms with Gasteiger partial charge in [0.15, 0.2) is 0 Å². The smallest absolute Gasteiger partial charge is 0.150 e. The van der Waals surface area contributed by atoms with Gasteiger partial charge >= 0.3 is 0 Å². The standard InChI is InChI=1S/C20H25N5O2S/c1-24-7-9-25(10-8-24)16-3-2-15(14-21)19(12-16)23-28(26)17-4-5-18-20(13-17)27-11-6-22-18/h2-5,12-14,21-23H,6-11H2,1H3. The normalized spacial score (nSPS) is 17.8. The monoisotopic (exact) mass is 399 g/mol. The van der Waals surface area contributed by atoms with Crippen LogP contribution in [-0.2, 0) is 11.0 Å². The minimum atomic E-state index is -1.45. The Morgan fingerprint density at radius 2 is 2.00 bits per heavy atom. The third-order valence-corrected chi connectivity index (χ3v) is 6.19. The van der Waals surface area contributed by atoms with E-state index in [1.807, 2.05) is 30.3 Å². The van der Waals surface area contributed by atoms with Gasteiger partial charge in [-0.3, -0.25) is 0 Å². The van der Waals surface area contributed by atoms with Gasteiger partial charge in [-0.2, -0.15) is 0 Å². The van der Waals surface area contributed by atoms with Crippen LogP contribution in [-0.4, -0.2) is 61.7 Å². The van der Waals surface area contributed by atoms with Crippen molar-refractivity contribution in [2.45, 2.75) is 4.90 Å². The quantitative estimate of drug-likeness (QED) is 0.673. The highest BCUT2D eigenvalue weighted by Crippen LogP contribution is 2.30. The average Bonchev–Trinajstić information content (AvgIpc) is 2.74. The molecule has 0 amide bonds. The van der Waals surface area contributed by atoms with Crippen molar-refractivity contribution in [1.29, 1.82) is 5.41 Å². The molecule has 7 nitrogen and oxygen atoms in total. The van der Waals surface area contributed by atoms with E-state index in [2.05, 4.69) is 26.9 Å². The number of hydrogen-bond donors (Lipinski definition) is 3. The van der Waals surface area contributed by atoms with Crippen molar-refractivity contribution in [2.24, 2.45) is 0 Å². The summed E-state index contributed by atoms with van der Waals surface area (Å²) < 4.78 is 21.7. The van der Waals surface area contributed by atoms with Crippen molar-refractivity contribution in [1.82, 2.24) is 4.90 Å². The van der Waals surface area contributed by atoms with Crippen LogP contribution in [0.2, 0.25) is 0 Å². The van der Waals surface area contributed by atoms with Crippen LogP contribution in [0.25, 0.3) is 0 Å². The third-order valence-electron chi connectivity index (χ3n) is 5.11. The molecule has 0 aromatic heterocycles. The van der Waals surface area contributed by atoms with Crippen LogP contribution in [0.5, 0.6) is 5.75 Å². The molecule has 2 aromatic carbocycles. The Morgan fingerprint density at radius 3 is 2.79 bits per heavy atom. The second kappa shape index (κ2) is 8.20. The minimum Gasteiger partial charge on any atom is -0.490 e. The molecule has 2 aromatic rings. The molecular weight excluding hydrogens is 374 g/mol. The Morgan fingerprint density at radius 1 is 1.18 bits per heavy atom. The van der Waals surface area contributed by atoms with Gasteiger partial charge in [-0.1, -0.05) is 0 Å². The molecule has 4 rings (SSSR count). The fourth-order valence-corrected chi connectivity index (χ4v) is 4.31. The Balaban J connectivity index is 1.55. The van der Waals surface area contributed by atoms with Crippen LogP contribution in [0, 0.1) is 5.41 Å². The lowest BCUT2D eigenvalue weighted by Gasteiger charge is -2.34. The molecule has 1 saturated heterocycles. The third kappa shape index (κ3) is 3.98. The predicted molar refractivity (Wildman–Crippen MR) is 114 cm³/mol. The Labute approximate surface area is 167 Å². The molecule has 2 aliphatic rings. The van der Waals surface area contributed by atoms with E-state index >= 15 is 0 Å². The highest BCUT2D eigenvalue weighted by atomic mass is 32.2. The summed E-state index contributed by atoms with van der Waals surface area (Å²) in [6, 6.07) is 11.4. The van der Waals surface area contributed by atoms with E-state index < -0.39 is 11.0 Å². The highest BCUT2D eigenvalue weighted by molar-refractivity contribution is 7.86. The first-order chi connectivity index (χ1) is 13.6. The number of hydrogen-bond acceptors (Lipinski definition) is 6. The second-order valence-corrected chi connectivity index (χ2v) is 8.22. The molecule has 1 atom stereocenters. The fourth-order valence-electron chi connectivity index (χ4n) is 3.41. The summed E-state index contributed by atoms with van der Waals surface area (Å²) in [5.41, 5.74) is 3.41. The number of fused-ring (bicyclic) bond motifs is 1. The maximum Gasteiger partial charge on any atom is 0.150 e. The molecule has 2 heterocycles. The molecule has 2 aliphatic heterocycles. The van der Waals surface area contributed by atoms with Crippen molar-refractivity contribution in [3.05, 3.63) is 42.0 Å². The van der Waals surface area contributed by atoms with Gasteiger partial charge < -0.3 is 30.0 Å². The number of anilines is 3. The van der Waals surface area contributed by atoms with Crippen LogP contribution in [0.15, 0.2) is 41.3 Å². The number of benzene rings is 2. The number of nitrogens with one attached hydrogen (secondary N) is 3. The van der Waals surface area contributed by atoms with Gasteiger partial charge in [0.1, 0.15) is 23.3 Å². The molecule has 1 unspecified atom stereocenters. The summed E-state index contributed by atoms with van der Waals surface area (Å²) in [6.45, 7) is 5.32. The molecule has 0 aliphatic carbocycles. The van der Waals surface area contributed by atoms with E-state index in [-0.39, 0.29) is 0 Å². The molecule has 3 N–H and O–H groups in total. The Kier molecular flexibility index (Phi) is 5.50. The van der Waals surface area contributed by atoms with Gasteiger partial charge in [-0.25, -0.2) is 4.21 Å². The zero-order chi connectivity index (χ0) is 19.5. The van der Waals surface area contributed by atoms with E-state index in [1.165, 1.54) is 6.21 Å². The van der Waals surface area contributed by atoms with E-state index in [0.717, 1.165) is 49.8 Å². The Bertz CT molecular complexity index is 896. The van der Waals surface area contributed by atoms with Crippen molar-refractivity contribution < 1.29 is 8.95 Å². The van der Waals surface area contributed by atoms with Crippen LogP contribution in [0.3, 0.4) is 0 Å². The van der Waals surface area contributed by atoms with Gasteiger partial charge in [0.05, 0.1) is 16.3 Å². The van der Waals surface area contributed by atoms with Gasteiger partial charge in [0.2, 0.25) is 0 Å². The predicted octanol–water partition coefficient (Wildman–Crippen LogP) is 2.38. The number of piperazine rings is 1. The van der Waals surface area contributed by atoms with Crippen LogP contribution >= 0.6 is 0 Å². The molecule has 28 heavy (non-hydrogen) atoms. The lowest BCUT2D eigenvalue weighted by molar-refractivity contribution is 0.313. The molecule has 0 radical (unpaired) electrons. The van der Waals surface area contributed by atoms with Gasteiger partial charge in [-0.15, -0.1) is 0 Å². The van der Waals surface area contributed by atoms with E-state index in [1.54, 1.807) is 6.07 Å². The summed E-state index contributed by atoms with van der Waals surface area (Å²) in [6.07, 6.45) is 1.28. The average molecular weight is 400 g/mol.